The summed E-state index contributed by atoms with van der Waals surface area (Å²) in [6.45, 7) is 3.73. The molecule has 0 saturated carbocycles. The molecule has 1 N–H and O–H groups in total. The van der Waals surface area contributed by atoms with Gasteiger partial charge in [0.25, 0.3) is 0 Å². The Morgan fingerprint density at radius 3 is 2.47 bits per heavy atom. The van der Waals surface area contributed by atoms with Crippen molar-refractivity contribution in [2.75, 3.05) is 20.8 Å². The molecule has 0 bridgehead atoms. The number of methoxy groups -OCH3 is 2. The molecule has 0 aromatic heterocycles. The minimum Gasteiger partial charge on any atom is -0.496 e. The number of carbonyl (C=O) groups excluding carboxylic acids is 1. The molecule has 0 radical (unpaired) electrons. The van der Waals surface area contributed by atoms with Gasteiger partial charge in [-0.15, -0.1) is 0 Å². The lowest BCUT2D eigenvalue weighted by atomic mass is 9.84. The van der Waals surface area contributed by atoms with Crippen LogP contribution in [0, 0.1) is 0 Å². The lowest BCUT2D eigenvalue weighted by Gasteiger charge is -2.25. The molecule has 0 atom stereocenters. The molecular weight excluding hydrogens is 220 g/mol. The van der Waals surface area contributed by atoms with E-state index in [9.17, 15) is 9.90 Å². The molecule has 0 amide bonds. The smallest absolute Gasteiger partial charge is 0.337 e. The lowest BCUT2D eigenvalue weighted by molar-refractivity contribution is 0.0600. The summed E-state index contributed by atoms with van der Waals surface area (Å²) in [4.78, 5) is 11.5. The van der Waals surface area contributed by atoms with Crippen LogP contribution in [0.3, 0.4) is 0 Å². The van der Waals surface area contributed by atoms with Gasteiger partial charge in [-0.3, -0.25) is 0 Å². The van der Waals surface area contributed by atoms with Crippen molar-refractivity contribution in [3.63, 3.8) is 0 Å². The molecule has 4 nitrogen and oxygen atoms in total. The molecule has 0 aliphatic rings. The first-order valence-electron chi connectivity index (χ1n) is 5.34. The van der Waals surface area contributed by atoms with Crippen LogP contribution in [0.5, 0.6) is 5.75 Å². The van der Waals surface area contributed by atoms with Gasteiger partial charge in [-0.2, -0.15) is 0 Å². The first kappa shape index (κ1) is 13.5. The molecule has 0 spiro atoms. The highest BCUT2D eigenvalue weighted by molar-refractivity contribution is 5.89. The molecule has 0 fully saturated rings. The van der Waals surface area contributed by atoms with Crippen molar-refractivity contribution in [2.24, 2.45) is 0 Å². The molecule has 0 aliphatic carbocycles. The second-order valence-electron chi connectivity index (χ2n) is 4.45. The van der Waals surface area contributed by atoms with E-state index in [0.717, 1.165) is 5.56 Å². The summed E-state index contributed by atoms with van der Waals surface area (Å²) in [5, 5.41) is 9.38. The van der Waals surface area contributed by atoms with Gasteiger partial charge in [0, 0.05) is 11.0 Å². The van der Waals surface area contributed by atoms with Crippen LogP contribution in [0.4, 0.5) is 0 Å². The maximum Gasteiger partial charge on any atom is 0.337 e. The van der Waals surface area contributed by atoms with Gasteiger partial charge in [-0.25, -0.2) is 4.79 Å². The molecule has 0 saturated heterocycles. The van der Waals surface area contributed by atoms with Crippen molar-refractivity contribution >= 4 is 5.97 Å². The molecule has 94 valence electrons. The van der Waals surface area contributed by atoms with E-state index in [2.05, 4.69) is 4.74 Å². The number of hydrogen-bond donors (Lipinski definition) is 1. The largest absolute Gasteiger partial charge is 0.496 e. The molecule has 1 rings (SSSR count). The number of benzene rings is 1. The maximum atomic E-state index is 11.5. The monoisotopic (exact) mass is 238 g/mol. The number of carbonyl (C=O) groups is 1. The molecule has 0 heterocycles. The van der Waals surface area contributed by atoms with Crippen molar-refractivity contribution < 1.29 is 19.4 Å². The van der Waals surface area contributed by atoms with Crippen molar-refractivity contribution in [2.45, 2.75) is 19.3 Å². The maximum absolute atomic E-state index is 11.5. The van der Waals surface area contributed by atoms with Crippen LogP contribution in [0.1, 0.15) is 29.8 Å². The highest BCUT2D eigenvalue weighted by atomic mass is 16.5. The van der Waals surface area contributed by atoms with Gasteiger partial charge in [0.2, 0.25) is 0 Å². The fourth-order valence-corrected chi connectivity index (χ4v) is 1.57. The molecule has 0 aliphatic heterocycles. The van der Waals surface area contributed by atoms with Gasteiger partial charge in [0.15, 0.2) is 0 Å². The highest BCUT2D eigenvalue weighted by Crippen LogP contribution is 2.32. The van der Waals surface area contributed by atoms with Gasteiger partial charge in [-0.1, -0.05) is 13.8 Å². The lowest BCUT2D eigenvalue weighted by Crippen LogP contribution is -2.23. The molecule has 1 aromatic carbocycles. The first-order chi connectivity index (χ1) is 7.96. The van der Waals surface area contributed by atoms with Crippen molar-refractivity contribution in [3.05, 3.63) is 29.3 Å². The zero-order valence-electron chi connectivity index (χ0n) is 10.6. The Kier molecular flexibility index (Phi) is 4.12. The SMILES string of the molecule is COC(=O)c1ccc(OC)c(C(C)(C)CO)c1. The van der Waals surface area contributed by atoms with E-state index in [4.69, 9.17) is 4.74 Å². The third-order valence-electron chi connectivity index (χ3n) is 2.74. The fourth-order valence-electron chi connectivity index (χ4n) is 1.57. The minimum absolute atomic E-state index is 0.0337. The zero-order chi connectivity index (χ0) is 13.1. The predicted molar refractivity (Wildman–Crippen MR) is 64.4 cm³/mol. The number of esters is 1. The minimum atomic E-state index is -0.477. The molecular formula is C13H18O4. The number of ether oxygens (including phenoxy) is 2. The van der Waals surface area contributed by atoms with Crippen LogP contribution in [0.15, 0.2) is 18.2 Å². The van der Waals surface area contributed by atoms with Crippen LogP contribution in [0.2, 0.25) is 0 Å². The van der Waals surface area contributed by atoms with E-state index in [1.807, 2.05) is 13.8 Å². The van der Waals surface area contributed by atoms with E-state index in [1.165, 1.54) is 7.11 Å². The Bertz CT molecular complexity index is 410. The molecule has 4 heteroatoms. The Morgan fingerprint density at radius 1 is 1.35 bits per heavy atom. The van der Waals surface area contributed by atoms with Crippen LogP contribution < -0.4 is 4.74 Å². The topological polar surface area (TPSA) is 55.8 Å². The first-order valence-corrected chi connectivity index (χ1v) is 5.34. The van der Waals surface area contributed by atoms with Crippen molar-refractivity contribution in [3.8, 4) is 5.75 Å². The Labute approximate surface area is 101 Å². The van der Waals surface area contributed by atoms with E-state index in [0.29, 0.717) is 11.3 Å². The molecule has 17 heavy (non-hydrogen) atoms. The van der Waals surface area contributed by atoms with Crippen LogP contribution >= 0.6 is 0 Å². The molecule has 0 unspecified atom stereocenters. The number of aliphatic hydroxyl groups is 1. The van der Waals surface area contributed by atoms with E-state index in [1.54, 1.807) is 25.3 Å². The predicted octanol–water partition coefficient (Wildman–Crippen LogP) is 1.75. The normalized spacial score (nSPS) is 11.1. The van der Waals surface area contributed by atoms with E-state index in [-0.39, 0.29) is 6.61 Å². The van der Waals surface area contributed by atoms with E-state index < -0.39 is 11.4 Å². The van der Waals surface area contributed by atoms with Crippen LogP contribution in [0.25, 0.3) is 0 Å². The summed E-state index contributed by atoms with van der Waals surface area (Å²) < 4.78 is 9.91. The van der Waals surface area contributed by atoms with Crippen LogP contribution in [-0.2, 0) is 10.2 Å². The van der Waals surface area contributed by atoms with Crippen LogP contribution in [-0.4, -0.2) is 31.9 Å². The summed E-state index contributed by atoms with van der Waals surface area (Å²) in [5.74, 6) is 0.249. The van der Waals surface area contributed by atoms with Gasteiger partial charge in [0.05, 0.1) is 26.4 Å². The Morgan fingerprint density at radius 2 is 2.00 bits per heavy atom. The average molecular weight is 238 g/mol. The zero-order valence-corrected chi connectivity index (χ0v) is 10.6. The van der Waals surface area contributed by atoms with Gasteiger partial charge < -0.3 is 14.6 Å². The summed E-state index contributed by atoms with van der Waals surface area (Å²) in [7, 11) is 2.90. The molecule has 1 aromatic rings. The second-order valence-corrected chi connectivity index (χ2v) is 4.45. The quantitative estimate of drug-likeness (QED) is 0.812. The van der Waals surface area contributed by atoms with Crippen molar-refractivity contribution in [1.29, 1.82) is 0 Å². The highest BCUT2D eigenvalue weighted by Gasteiger charge is 2.25. The number of hydrogen-bond acceptors (Lipinski definition) is 4. The van der Waals surface area contributed by atoms with Gasteiger partial charge in [-0.05, 0) is 18.2 Å². The Balaban J connectivity index is 3.29. The number of aliphatic hydroxyl groups excluding tert-OH is 1. The fraction of sp³-hybridized carbons (Fsp3) is 0.462. The summed E-state index contributed by atoms with van der Waals surface area (Å²) in [6, 6.07) is 5.04. The van der Waals surface area contributed by atoms with Crippen molar-refractivity contribution in [1.82, 2.24) is 0 Å². The van der Waals surface area contributed by atoms with Gasteiger partial charge >= 0.3 is 5.97 Å². The third kappa shape index (κ3) is 2.77. The Hall–Kier alpha value is -1.55. The van der Waals surface area contributed by atoms with Gasteiger partial charge in [0.1, 0.15) is 5.75 Å². The summed E-state index contributed by atoms with van der Waals surface area (Å²) in [6.07, 6.45) is 0. The summed E-state index contributed by atoms with van der Waals surface area (Å²) in [5.41, 5.74) is 0.755. The third-order valence-corrected chi connectivity index (χ3v) is 2.74. The number of rotatable bonds is 4. The van der Waals surface area contributed by atoms with E-state index >= 15 is 0 Å². The second kappa shape index (κ2) is 5.19. The average Bonchev–Trinajstić information content (AvgIpc) is 2.36. The summed E-state index contributed by atoms with van der Waals surface area (Å²) >= 11 is 0. The standard InChI is InChI=1S/C13H18O4/c1-13(2,8-14)10-7-9(12(15)17-4)5-6-11(10)16-3/h5-7,14H,8H2,1-4H3.